The molecule has 1 amide bonds. The Morgan fingerprint density at radius 2 is 1.95 bits per heavy atom. The molecule has 1 aromatic carbocycles. The molecule has 0 aliphatic carbocycles. The van der Waals surface area contributed by atoms with Gasteiger partial charge in [-0.1, -0.05) is 37.3 Å². The zero-order valence-corrected chi connectivity index (χ0v) is 11.9. The molecule has 104 valence electrons. The van der Waals surface area contributed by atoms with Gasteiger partial charge in [0.25, 0.3) is 0 Å². The van der Waals surface area contributed by atoms with Crippen LogP contribution in [0.1, 0.15) is 37.7 Å². The van der Waals surface area contributed by atoms with Crippen LogP contribution in [0.3, 0.4) is 0 Å². The Labute approximate surface area is 116 Å². The van der Waals surface area contributed by atoms with E-state index in [1.807, 2.05) is 30.1 Å². The molecule has 2 rings (SSSR count). The molecule has 1 atom stereocenters. The van der Waals surface area contributed by atoms with Crippen molar-refractivity contribution < 1.29 is 4.79 Å². The Balaban J connectivity index is 1.84. The highest BCUT2D eigenvalue weighted by Gasteiger charge is 2.23. The van der Waals surface area contributed by atoms with Gasteiger partial charge in [0.2, 0.25) is 5.91 Å². The third-order valence-electron chi connectivity index (χ3n) is 4.11. The van der Waals surface area contributed by atoms with Crippen molar-refractivity contribution in [2.24, 2.45) is 0 Å². The lowest BCUT2D eigenvalue weighted by atomic mass is 9.96. The van der Waals surface area contributed by atoms with Gasteiger partial charge in [-0.15, -0.1) is 0 Å². The van der Waals surface area contributed by atoms with Gasteiger partial charge < -0.3 is 10.2 Å². The number of amides is 1. The minimum atomic E-state index is 0.297. The maximum absolute atomic E-state index is 12.3. The van der Waals surface area contributed by atoms with Crippen molar-refractivity contribution in [1.29, 1.82) is 0 Å². The van der Waals surface area contributed by atoms with Crippen LogP contribution in [-0.4, -0.2) is 37.0 Å². The van der Waals surface area contributed by atoms with E-state index >= 15 is 0 Å². The Morgan fingerprint density at radius 3 is 2.53 bits per heavy atom. The molecule has 1 aromatic rings. The van der Waals surface area contributed by atoms with Gasteiger partial charge in [-0.2, -0.15) is 0 Å². The van der Waals surface area contributed by atoms with Gasteiger partial charge in [0, 0.05) is 25.6 Å². The summed E-state index contributed by atoms with van der Waals surface area (Å²) >= 11 is 0. The summed E-state index contributed by atoms with van der Waals surface area (Å²) in [5.41, 5.74) is 1.25. The lowest BCUT2D eigenvalue weighted by Crippen LogP contribution is -2.44. The van der Waals surface area contributed by atoms with E-state index in [9.17, 15) is 4.79 Å². The van der Waals surface area contributed by atoms with Crippen molar-refractivity contribution in [2.75, 3.05) is 20.1 Å². The van der Waals surface area contributed by atoms with Crippen molar-refractivity contribution in [2.45, 2.75) is 38.1 Å². The number of hydrogen-bond donors (Lipinski definition) is 1. The average molecular weight is 260 g/mol. The molecular weight excluding hydrogens is 236 g/mol. The zero-order chi connectivity index (χ0) is 13.7. The molecule has 1 fully saturated rings. The number of benzene rings is 1. The number of likely N-dealkylation sites (tertiary alicyclic amines) is 1. The molecule has 0 saturated carbocycles. The van der Waals surface area contributed by atoms with E-state index in [1.54, 1.807) is 0 Å². The fourth-order valence-corrected chi connectivity index (χ4v) is 2.71. The number of nitrogens with zero attached hydrogens (tertiary/aromatic N) is 1. The van der Waals surface area contributed by atoms with Gasteiger partial charge in [-0.05, 0) is 31.4 Å². The minimum Gasteiger partial charge on any atom is -0.343 e. The lowest BCUT2D eigenvalue weighted by Gasteiger charge is -2.32. The van der Waals surface area contributed by atoms with E-state index in [-0.39, 0.29) is 0 Å². The number of hydrogen-bond acceptors (Lipinski definition) is 2. The second kappa shape index (κ2) is 6.71. The topological polar surface area (TPSA) is 32.3 Å². The van der Waals surface area contributed by atoms with Gasteiger partial charge in [-0.3, -0.25) is 4.79 Å². The van der Waals surface area contributed by atoms with Crippen LogP contribution in [0.25, 0.3) is 0 Å². The van der Waals surface area contributed by atoms with Crippen molar-refractivity contribution >= 4 is 5.91 Å². The predicted octanol–water partition coefficient (Wildman–Crippen LogP) is 2.39. The molecule has 1 saturated heterocycles. The van der Waals surface area contributed by atoms with Crippen molar-refractivity contribution in [3.8, 4) is 0 Å². The average Bonchev–Trinajstić information content (AvgIpc) is 2.48. The monoisotopic (exact) mass is 260 g/mol. The highest BCUT2D eigenvalue weighted by Crippen LogP contribution is 2.21. The molecule has 1 unspecified atom stereocenters. The van der Waals surface area contributed by atoms with E-state index < -0.39 is 0 Å². The second-order valence-corrected chi connectivity index (χ2v) is 5.46. The normalized spacial score (nSPS) is 18.3. The van der Waals surface area contributed by atoms with Crippen LogP contribution in [0.4, 0.5) is 0 Å². The molecule has 19 heavy (non-hydrogen) atoms. The molecule has 0 radical (unpaired) electrons. The molecule has 0 aromatic heterocycles. The fraction of sp³-hybridized carbons (Fsp3) is 0.562. The van der Waals surface area contributed by atoms with Crippen molar-refractivity contribution in [3.05, 3.63) is 35.9 Å². The third-order valence-corrected chi connectivity index (χ3v) is 4.11. The maximum Gasteiger partial charge on any atom is 0.223 e. The smallest absolute Gasteiger partial charge is 0.223 e. The number of carbonyl (C=O) groups excluding carboxylic acids is 1. The van der Waals surface area contributed by atoms with Crippen LogP contribution in [0.5, 0.6) is 0 Å². The number of piperidine rings is 1. The van der Waals surface area contributed by atoms with E-state index in [0.717, 1.165) is 25.9 Å². The molecule has 1 aliphatic rings. The van der Waals surface area contributed by atoms with E-state index in [1.165, 1.54) is 5.56 Å². The molecule has 3 nitrogen and oxygen atoms in total. The third kappa shape index (κ3) is 3.80. The Kier molecular flexibility index (Phi) is 4.97. The predicted molar refractivity (Wildman–Crippen MR) is 78.1 cm³/mol. The molecule has 0 bridgehead atoms. The summed E-state index contributed by atoms with van der Waals surface area (Å²) < 4.78 is 0. The van der Waals surface area contributed by atoms with E-state index in [0.29, 0.717) is 24.3 Å². The Morgan fingerprint density at radius 1 is 1.32 bits per heavy atom. The van der Waals surface area contributed by atoms with Crippen LogP contribution in [-0.2, 0) is 4.79 Å². The summed E-state index contributed by atoms with van der Waals surface area (Å²) in [6, 6.07) is 10.9. The summed E-state index contributed by atoms with van der Waals surface area (Å²) in [7, 11) is 2.00. The summed E-state index contributed by atoms with van der Waals surface area (Å²) in [5.74, 6) is 0.599. The Bertz CT molecular complexity index is 396. The first-order chi connectivity index (χ1) is 9.20. The second-order valence-electron chi connectivity index (χ2n) is 5.46. The van der Waals surface area contributed by atoms with Crippen LogP contribution in [0.15, 0.2) is 30.3 Å². The Hall–Kier alpha value is -1.35. The van der Waals surface area contributed by atoms with Crippen LogP contribution >= 0.6 is 0 Å². The fourth-order valence-electron chi connectivity index (χ4n) is 2.71. The molecular formula is C16H24N2O. The van der Waals surface area contributed by atoms with Gasteiger partial charge in [0.1, 0.15) is 0 Å². The number of rotatable bonds is 4. The van der Waals surface area contributed by atoms with Gasteiger partial charge >= 0.3 is 0 Å². The standard InChI is InChI=1S/C16H24N2O/c1-13(14-6-4-3-5-7-14)12-16(19)18-10-8-15(17-2)9-11-18/h3-7,13,15,17H,8-12H2,1-2H3. The van der Waals surface area contributed by atoms with Gasteiger partial charge in [0.15, 0.2) is 0 Å². The number of nitrogens with one attached hydrogen (secondary N) is 1. The summed E-state index contributed by atoms with van der Waals surface area (Å²) in [6.45, 7) is 3.92. The lowest BCUT2D eigenvalue weighted by molar-refractivity contribution is -0.132. The first kappa shape index (κ1) is 14.1. The summed E-state index contributed by atoms with van der Waals surface area (Å²) in [6.07, 6.45) is 2.76. The number of carbonyl (C=O) groups is 1. The van der Waals surface area contributed by atoms with E-state index in [4.69, 9.17) is 0 Å². The molecule has 1 heterocycles. The first-order valence-corrected chi connectivity index (χ1v) is 7.20. The summed E-state index contributed by atoms with van der Waals surface area (Å²) in [4.78, 5) is 14.3. The molecule has 0 spiro atoms. The SMILES string of the molecule is CNC1CCN(C(=O)CC(C)c2ccccc2)CC1. The highest BCUT2D eigenvalue weighted by molar-refractivity contribution is 5.77. The maximum atomic E-state index is 12.3. The largest absolute Gasteiger partial charge is 0.343 e. The first-order valence-electron chi connectivity index (χ1n) is 7.20. The van der Waals surface area contributed by atoms with Crippen LogP contribution < -0.4 is 5.32 Å². The summed E-state index contributed by atoms with van der Waals surface area (Å²) in [5, 5.41) is 3.29. The van der Waals surface area contributed by atoms with Gasteiger partial charge in [-0.25, -0.2) is 0 Å². The molecule has 3 heteroatoms. The van der Waals surface area contributed by atoms with Crippen molar-refractivity contribution in [3.63, 3.8) is 0 Å². The quantitative estimate of drug-likeness (QED) is 0.901. The highest BCUT2D eigenvalue weighted by atomic mass is 16.2. The van der Waals surface area contributed by atoms with Crippen LogP contribution in [0.2, 0.25) is 0 Å². The van der Waals surface area contributed by atoms with Gasteiger partial charge in [0.05, 0.1) is 0 Å². The molecule has 1 aliphatic heterocycles. The van der Waals surface area contributed by atoms with Crippen LogP contribution in [0, 0.1) is 0 Å². The van der Waals surface area contributed by atoms with Crippen molar-refractivity contribution in [1.82, 2.24) is 10.2 Å². The van der Waals surface area contributed by atoms with E-state index in [2.05, 4.69) is 24.4 Å². The zero-order valence-electron chi connectivity index (χ0n) is 11.9. The minimum absolute atomic E-state index is 0.297. The molecule has 1 N–H and O–H groups in total.